The lowest BCUT2D eigenvalue weighted by Crippen LogP contribution is -2.43. The lowest BCUT2D eigenvalue weighted by atomic mass is 9.65. The number of nitrogen functional groups attached to an aromatic ring is 2. The summed E-state index contributed by atoms with van der Waals surface area (Å²) in [6.07, 6.45) is 1.44. The second-order valence-electron chi connectivity index (χ2n) is 23.3. The van der Waals surface area contributed by atoms with Gasteiger partial charge in [-0.2, -0.15) is 52.0 Å². The van der Waals surface area contributed by atoms with Gasteiger partial charge in [0.05, 0.1) is 48.7 Å². The van der Waals surface area contributed by atoms with E-state index < -0.39 is 40.6 Å². The minimum absolute atomic E-state index is 0. The van der Waals surface area contributed by atoms with E-state index in [1.165, 1.54) is 33.9 Å². The summed E-state index contributed by atoms with van der Waals surface area (Å²) >= 11 is 0. The molecule has 3 amide bonds. The Hall–Kier alpha value is -8.04. The smallest absolute Gasteiger partial charge is 0.416 e. The van der Waals surface area contributed by atoms with Gasteiger partial charge in [0.1, 0.15) is 51.4 Å². The number of nitriles is 1. The quantitative estimate of drug-likeness (QED) is 0.114. The molecular formula is C56H70F6N14O5. The van der Waals surface area contributed by atoms with E-state index in [0.29, 0.717) is 54.1 Å². The Kier molecular flexibility index (Phi) is 16.6. The molecule has 19 nitrogen and oxygen atoms in total. The number of hydrogen-bond donors (Lipinski definition) is 3. The maximum absolute atomic E-state index is 13.1. The molecule has 0 radical (unpaired) electrons. The highest BCUT2D eigenvalue weighted by atomic mass is 19.4. The first kappa shape index (κ1) is 60.6. The van der Waals surface area contributed by atoms with Crippen LogP contribution in [0.25, 0.3) is 22.5 Å². The molecule has 4 aromatic heterocycles. The van der Waals surface area contributed by atoms with Gasteiger partial charge in [-0.3, -0.25) is 14.2 Å². The zero-order valence-corrected chi connectivity index (χ0v) is 44.5. The number of carbonyl (C=O) groups excluding carboxylic acids is 3. The fourth-order valence-electron chi connectivity index (χ4n) is 11.1. The number of carbonyl (C=O) groups is 3. The molecule has 2 saturated heterocycles. The summed E-state index contributed by atoms with van der Waals surface area (Å²) in [5.74, 6) is -0.328. The molecule has 2 aliphatic carbocycles. The number of benzene rings is 2. The highest BCUT2D eigenvalue weighted by Crippen LogP contribution is 2.56. The van der Waals surface area contributed by atoms with E-state index in [-0.39, 0.29) is 91.5 Å². The molecule has 6 aromatic rings. The predicted molar refractivity (Wildman–Crippen MR) is 290 cm³/mol. The van der Waals surface area contributed by atoms with Crippen LogP contribution in [0.15, 0.2) is 73.3 Å². The average molecular weight is 1130 g/mol. The van der Waals surface area contributed by atoms with Crippen LogP contribution >= 0.6 is 0 Å². The summed E-state index contributed by atoms with van der Waals surface area (Å²) in [5.41, 5.74) is 18.5. The van der Waals surface area contributed by atoms with E-state index in [0.717, 1.165) is 62.8 Å². The number of primary amides is 1. The molecule has 4 aliphatic rings. The van der Waals surface area contributed by atoms with Gasteiger partial charge in [-0.15, -0.1) is 0 Å². The molecule has 436 valence electrons. The number of aromatic nitrogens is 8. The minimum atomic E-state index is -4.45. The number of nitrogens with zero attached hydrogens (tertiary/aromatic N) is 11. The maximum Gasteiger partial charge on any atom is 0.416 e. The van der Waals surface area contributed by atoms with Gasteiger partial charge in [0.2, 0.25) is 0 Å². The number of hydrogen-bond acceptors (Lipinski definition) is 12. The molecule has 6 heterocycles. The van der Waals surface area contributed by atoms with Crippen LogP contribution in [0.2, 0.25) is 0 Å². The maximum atomic E-state index is 13.1. The van der Waals surface area contributed by atoms with Crippen molar-refractivity contribution in [2.75, 3.05) is 37.6 Å². The van der Waals surface area contributed by atoms with E-state index in [4.69, 9.17) is 26.7 Å². The van der Waals surface area contributed by atoms with Gasteiger partial charge >= 0.3 is 24.5 Å². The van der Waals surface area contributed by atoms with Crippen molar-refractivity contribution < 1.29 is 50.2 Å². The number of amides is 3. The lowest BCUT2D eigenvalue weighted by molar-refractivity contribution is -0.138. The first-order chi connectivity index (χ1) is 36.9. The van der Waals surface area contributed by atoms with E-state index >= 15 is 0 Å². The van der Waals surface area contributed by atoms with Gasteiger partial charge in [-0.05, 0) is 126 Å². The summed E-state index contributed by atoms with van der Waals surface area (Å²) in [7, 11) is 0. The third kappa shape index (κ3) is 13.1. The second-order valence-corrected chi connectivity index (χ2v) is 23.3. The van der Waals surface area contributed by atoms with Crippen molar-refractivity contribution in [2.45, 2.75) is 144 Å². The van der Waals surface area contributed by atoms with Crippen LogP contribution in [0.5, 0.6) is 0 Å². The third-order valence-corrected chi connectivity index (χ3v) is 14.8. The molecule has 2 aliphatic heterocycles. The zero-order valence-electron chi connectivity index (χ0n) is 44.5. The summed E-state index contributed by atoms with van der Waals surface area (Å²) in [5, 5.41) is 27.6. The molecule has 10 rings (SSSR count). The molecule has 6 N–H and O–H groups in total. The van der Waals surface area contributed by atoms with Crippen molar-refractivity contribution in [3.8, 4) is 28.6 Å². The van der Waals surface area contributed by atoms with Crippen molar-refractivity contribution in [3.05, 3.63) is 107 Å². The van der Waals surface area contributed by atoms with Crippen LogP contribution in [0.1, 0.15) is 145 Å². The molecule has 2 aromatic carbocycles. The van der Waals surface area contributed by atoms with Crippen LogP contribution in [-0.4, -0.2) is 104 Å². The number of likely N-dealkylation sites (tertiary alicyclic amines) is 2. The minimum Gasteiger partial charge on any atom is -0.444 e. The van der Waals surface area contributed by atoms with Crippen molar-refractivity contribution in [2.24, 2.45) is 16.6 Å². The van der Waals surface area contributed by atoms with E-state index in [2.05, 4.69) is 26.5 Å². The first-order valence-corrected chi connectivity index (χ1v) is 25.7. The first-order valence-electron chi connectivity index (χ1n) is 25.7. The SMILES string of the molecule is C.C.CC(C)(C)OC(=O)N1CCC2(CC(n3nc(-c4cnn(Cc5cccc(C(F)(F)F)c5)c4)c(C#N)c3N)C2)C1.CC(C)(C)OC(=O)N1CCC2(CC(n3nc(-c4cnn(Cc5cccc(C(F)(F)F)c5)c4)c(C(N)=O)c3N)C2)C1. The Balaban J connectivity index is 0.000000228. The fraction of sp³-hybridized carbons (Fsp3) is 0.500. The van der Waals surface area contributed by atoms with Crippen molar-refractivity contribution >= 4 is 29.7 Å². The van der Waals surface area contributed by atoms with Crippen LogP contribution in [-0.2, 0) is 34.9 Å². The Morgan fingerprint density at radius 3 is 1.47 bits per heavy atom. The van der Waals surface area contributed by atoms with E-state index in [1.807, 2.05) is 41.5 Å². The van der Waals surface area contributed by atoms with Gasteiger partial charge in [-0.25, -0.2) is 19.0 Å². The summed E-state index contributed by atoms with van der Waals surface area (Å²) < 4.78 is 95.8. The van der Waals surface area contributed by atoms with Gasteiger partial charge in [0, 0.05) is 49.7 Å². The van der Waals surface area contributed by atoms with Crippen molar-refractivity contribution in [1.82, 2.24) is 48.9 Å². The third-order valence-electron chi connectivity index (χ3n) is 14.8. The lowest BCUT2D eigenvalue weighted by Gasteiger charge is -2.45. The molecular weight excluding hydrogens is 1060 g/mol. The molecule has 0 unspecified atom stereocenters. The highest BCUT2D eigenvalue weighted by molar-refractivity contribution is 6.03. The Labute approximate surface area is 465 Å². The zero-order chi connectivity index (χ0) is 57.2. The fourth-order valence-corrected chi connectivity index (χ4v) is 11.1. The average Bonchev–Trinajstić information content (AvgIpc) is 4.28. The Morgan fingerprint density at radius 2 is 1.07 bits per heavy atom. The number of nitrogens with two attached hydrogens (primary N) is 3. The molecule has 2 spiro atoms. The highest BCUT2D eigenvalue weighted by Gasteiger charge is 2.53. The van der Waals surface area contributed by atoms with Gasteiger partial charge in [0.25, 0.3) is 5.91 Å². The summed E-state index contributed by atoms with van der Waals surface area (Å²) in [4.78, 5) is 40.8. The number of rotatable bonds is 9. The van der Waals surface area contributed by atoms with E-state index in [9.17, 15) is 46.0 Å². The standard InChI is InChI=1S/C27H32F3N7O3.C27H30F3N7O2.2CH4/c1-25(2,3)40-24(39)35-8-7-26(15-35)10-19(11-26)37-22(31)20(23(32)38)21(34-37)17-12-33-36(14-17)13-16-5-4-6-18(9-16)27(28,29)30;1-25(2,3)39-24(38)35-8-7-26(16-35)10-20(11-26)37-23(32)21(12-31)22(34-37)18-13-33-36(15-18)14-17-5-4-6-19(9-17)27(28,29)30;;/h4-6,9,12,14,19H,7-8,10-11,13,15,31H2,1-3H3,(H2,32,38);4-6,9,13,15,20H,7-8,10-11,14,16,32H2,1-3H3;2*1H4. The summed E-state index contributed by atoms with van der Waals surface area (Å²) in [6, 6.07) is 12.1. The molecule has 25 heteroatoms. The predicted octanol–water partition coefficient (Wildman–Crippen LogP) is 11.0. The van der Waals surface area contributed by atoms with Crippen molar-refractivity contribution in [3.63, 3.8) is 0 Å². The molecule has 0 bridgehead atoms. The largest absolute Gasteiger partial charge is 0.444 e. The van der Waals surface area contributed by atoms with Crippen LogP contribution in [0.3, 0.4) is 0 Å². The molecule has 2 saturated carbocycles. The number of halogens is 6. The summed E-state index contributed by atoms with van der Waals surface area (Å²) in [6.45, 7) is 13.7. The van der Waals surface area contributed by atoms with Crippen LogP contribution in [0, 0.1) is 22.2 Å². The topological polar surface area (TPSA) is 249 Å². The Bertz CT molecular complexity index is 3320. The second kappa shape index (κ2) is 22.1. The normalized spacial score (nSPS) is 20.6. The molecule has 0 atom stereocenters. The van der Waals surface area contributed by atoms with Crippen molar-refractivity contribution in [1.29, 1.82) is 5.26 Å². The monoisotopic (exact) mass is 1130 g/mol. The number of alkyl halides is 6. The number of anilines is 2. The Morgan fingerprint density at radius 1 is 0.667 bits per heavy atom. The van der Waals surface area contributed by atoms with Crippen LogP contribution in [0.4, 0.5) is 47.6 Å². The van der Waals surface area contributed by atoms with Crippen LogP contribution < -0.4 is 17.2 Å². The van der Waals surface area contributed by atoms with Gasteiger partial charge in [-0.1, -0.05) is 39.1 Å². The number of ether oxygens (including phenoxy) is 2. The van der Waals surface area contributed by atoms with Gasteiger partial charge in [0.15, 0.2) is 0 Å². The molecule has 4 fully saturated rings. The van der Waals surface area contributed by atoms with Gasteiger partial charge < -0.3 is 36.5 Å². The molecule has 81 heavy (non-hydrogen) atoms. The van der Waals surface area contributed by atoms with E-state index in [1.54, 1.807) is 43.7 Å².